The van der Waals surface area contributed by atoms with E-state index in [1.807, 2.05) is 0 Å². The monoisotopic (exact) mass is 577 g/mol. The van der Waals surface area contributed by atoms with Crippen molar-refractivity contribution in [2.75, 3.05) is 19.7 Å². The maximum atomic E-state index is 13.2. The lowest BCUT2D eigenvalue weighted by Crippen LogP contribution is -2.38. The summed E-state index contributed by atoms with van der Waals surface area (Å²) >= 11 is 0. The van der Waals surface area contributed by atoms with Crippen LogP contribution in [0.5, 0.6) is 11.5 Å². The van der Waals surface area contributed by atoms with Crippen LogP contribution in [0.2, 0.25) is 0 Å². The third kappa shape index (κ3) is 7.71. The molecule has 13 heteroatoms. The van der Waals surface area contributed by atoms with Crippen molar-refractivity contribution in [3.8, 4) is 17.6 Å². The summed E-state index contributed by atoms with van der Waals surface area (Å²) in [5.41, 5.74) is 1.64. The first-order valence-corrected chi connectivity index (χ1v) is 13.4. The smallest absolute Gasteiger partial charge is 0.489 e. The molecule has 1 atom stereocenters. The largest absolute Gasteiger partial charge is 0.573 e. The molecule has 0 amide bonds. The zero-order valence-corrected chi connectivity index (χ0v) is 21.7. The number of halogens is 4. The minimum atomic E-state index is -4.88. The summed E-state index contributed by atoms with van der Waals surface area (Å²) < 4.78 is 87.0. The van der Waals surface area contributed by atoms with E-state index in [0.29, 0.717) is 22.6 Å². The number of sulfonamides is 1. The zero-order chi connectivity index (χ0) is 28.8. The number of ether oxygens (including phenoxy) is 2. The van der Waals surface area contributed by atoms with Crippen LogP contribution in [0.4, 0.5) is 17.6 Å². The third-order valence-corrected chi connectivity index (χ3v) is 7.82. The van der Waals surface area contributed by atoms with Crippen molar-refractivity contribution in [3.05, 3.63) is 89.7 Å². The van der Waals surface area contributed by atoms with E-state index in [4.69, 9.17) is 9.57 Å². The lowest BCUT2D eigenvalue weighted by molar-refractivity contribution is -0.274. The average Bonchev–Trinajstić information content (AvgIpc) is 2.93. The molecule has 1 aliphatic rings. The van der Waals surface area contributed by atoms with E-state index in [-0.39, 0.29) is 37.4 Å². The fourth-order valence-electron chi connectivity index (χ4n) is 3.88. The summed E-state index contributed by atoms with van der Waals surface area (Å²) in [5, 5.41) is 13.5. The number of nitrogens with zero attached hydrogens (tertiary/aromatic N) is 3. The van der Waals surface area contributed by atoms with Gasteiger partial charge in [-0.05, 0) is 66.2 Å². The Balaban J connectivity index is 1.40. The Bertz CT molecular complexity index is 1480. The van der Waals surface area contributed by atoms with Crippen molar-refractivity contribution >= 4 is 15.7 Å². The molecule has 1 unspecified atom stereocenters. The summed E-state index contributed by atoms with van der Waals surface area (Å²) in [7, 11) is -3.95. The molecule has 40 heavy (non-hydrogen) atoms. The molecule has 0 aromatic heterocycles. The quantitative estimate of drug-likeness (QED) is 0.243. The zero-order valence-electron chi connectivity index (χ0n) is 20.8. The normalized spacial score (nSPS) is 15.1. The number of oxime groups is 1. The van der Waals surface area contributed by atoms with E-state index in [1.54, 1.807) is 24.3 Å². The van der Waals surface area contributed by atoms with Crippen LogP contribution < -0.4 is 9.47 Å². The highest BCUT2D eigenvalue weighted by atomic mass is 32.2. The summed E-state index contributed by atoms with van der Waals surface area (Å²) in [4.78, 5) is 5.62. The van der Waals surface area contributed by atoms with E-state index in [9.17, 15) is 31.2 Å². The second kappa shape index (κ2) is 12.4. The third-order valence-electron chi connectivity index (χ3n) is 5.91. The van der Waals surface area contributed by atoms with Crippen LogP contribution in [-0.2, 0) is 14.9 Å². The van der Waals surface area contributed by atoms with Crippen LogP contribution >= 0.6 is 0 Å². The van der Waals surface area contributed by atoms with Crippen molar-refractivity contribution in [2.45, 2.75) is 30.2 Å². The van der Waals surface area contributed by atoms with Crippen molar-refractivity contribution in [3.63, 3.8) is 0 Å². The van der Waals surface area contributed by atoms with Gasteiger partial charge in [0.1, 0.15) is 23.9 Å². The van der Waals surface area contributed by atoms with Crippen LogP contribution in [-0.4, -0.2) is 44.5 Å². The first-order valence-electron chi connectivity index (χ1n) is 12.0. The second-order valence-electron chi connectivity index (χ2n) is 8.68. The lowest BCUT2D eigenvalue weighted by Gasteiger charge is -2.27. The molecule has 0 radical (unpaired) electrons. The Kier molecular flexibility index (Phi) is 8.91. The van der Waals surface area contributed by atoms with Gasteiger partial charge in [-0.25, -0.2) is 12.8 Å². The van der Waals surface area contributed by atoms with Crippen LogP contribution in [0, 0.1) is 17.1 Å². The van der Waals surface area contributed by atoms with E-state index in [2.05, 4.69) is 16.0 Å². The molecule has 1 aliphatic heterocycles. The maximum absolute atomic E-state index is 13.2. The first kappa shape index (κ1) is 28.8. The Morgan fingerprint density at radius 3 is 2.25 bits per heavy atom. The molecule has 3 aromatic rings. The molecule has 210 valence electrons. The Morgan fingerprint density at radius 2 is 1.62 bits per heavy atom. The number of alkyl halides is 3. The number of piperidine rings is 1. The van der Waals surface area contributed by atoms with E-state index < -0.39 is 34.1 Å². The van der Waals surface area contributed by atoms with Crippen LogP contribution in [0.3, 0.4) is 0 Å². The van der Waals surface area contributed by atoms with Crippen molar-refractivity contribution in [1.82, 2.24) is 4.31 Å². The number of hydrogen-bond acceptors (Lipinski definition) is 7. The SMILES string of the molecule is N#Cc1cccc(C(COc2ccc(F)cc2)ON=C2CCN(S(=O)(=O)c3ccc(OC(F)(F)F)cc3)CC2)c1. The highest BCUT2D eigenvalue weighted by Crippen LogP contribution is 2.27. The topological polar surface area (TPSA) is 101 Å². The molecule has 0 spiro atoms. The molecule has 4 rings (SSSR count). The highest BCUT2D eigenvalue weighted by Gasteiger charge is 2.32. The molecule has 0 saturated carbocycles. The molecule has 3 aromatic carbocycles. The van der Waals surface area contributed by atoms with E-state index in [0.717, 1.165) is 24.3 Å². The van der Waals surface area contributed by atoms with Crippen molar-refractivity contribution in [1.29, 1.82) is 5.26 Å². The van der Waals surface area contributed by atoms with Gasteiger partial charge in [-0.1, -0.05) is 17.3 Å². The number of benzene rings is 3. The van der Waals surface area contributed by atoms with Gasteiger partial charge >= 0.3 is 6.36 Å². The molecule has 0 bridgehead atoms. The molecule has 1 heterocycles. The molecular weight excluding hydrogens is 554 g/mol. The highest BCUT2D eigenvalue weighted by molar-refractivity contribution is 7.89. The van der Waals surface area contributed by atoms with Crippen molar-refractivity contribution in [2.24, 2.45) is 5.16 Å². The van der Waals surface area contributed by atoms with E-state index in [1.165, 1.54) is 28.6 Å². The molecule has 0 N–H and O–H groups in total. The van der Waals surface area contributed by atoms with Gasteiger partial charge in [0.05, 0.1) is 22.2 Å². The molecule has 1 fully saturated rings. The Morgan fingerprint density at radius 1 is 0.975 bits per heavy atom. The van der Waals surface area contributed by atoms with E-state index >= 15 is 0 Å². The van der Waals surface area contributed by atoms with Gasteiger partial charge < -0.3 is 14.3 Å². The predicted molar refractivity (Wildman–Crippen MR) is 135 cm³/mol. The Hall–Kier alpha value is -4.15. The van der Waals surface area contributed by atoms with Crippen LogP contribution in [0.25, 0.3) is 0 Å². The minimum absolute atomic E-state index is 0.00580. The summed E-state index contributed by atoms with van der Waals surface area (Å²) in [6, 6.07) is 18.2. The molecule has 1 saturated heterocycles. The second-order valence-corrected chi connectivity index (χ2v) is 10.6. The summed E-state index contributed by atoms with van der Waals surface area (Å²) in [6.45, 7) is 0.184. The number of nitriles is 1. The van der Waals surface area contributed by atoms with Gasteiger partial charge in [0, 0.05) is 25.9 Å². The standard InChI is InChI=1S/C27H23F4N3O5S/c28-21-4-6-23(7-5-21)37-18-26(20-3-1-2-19(16-20)17-32)39-33-22-12-14-34(15-13-22)40(35,36)25-10-8-24(9-11-25)38-27(29,30)31/h1-11,16,26H,12-15,18H2. The van der Waals surface area contributed by atoms with Gasteiger partial charge in [0.25, 0.3) is 0 Å². The first-order chi connectivity index (χ1) is 19.0. The van der Waals surface area contributed by atoms with Gasteiger partial charge in [-0.3, -0.25) is 0 Å². The van der Waals surface area contributed by atoms with Crippen LogP contribution in [0.1, 0.15) is 30.1 Å². The summed E-state index contributed by atoms with van der Waals surface area (Å²) in [6.07, 6.45) is -5.07. The molecular formula is C27H23F4N3O5S. The van der Waals surface area contributed by atoms with Crippen molar-refractivity contribution < 1.29 is 40.3 Å². The lowest BCUT2D eigenvalue weighted by atomic mass is 10.1. The van der Waals surface area contributed by atoms with Gasteiger partial charge in [-0.15, -0.1) is 13.2 Å². The summed E-state index contributed by atoms with van der Waals surface area (Å²) in [5.74, 6) is -0.514. The molecule has 8 nitrogen and oxygen atoms in total. The minimum Gasteiger partial charge on any atom is -0.489 e. The maximum Gasteiger partial charge on any atom is 0.573 e. The number of hydrogen-bond donors (Lipinski definition) is 0. The fraction of sp³-hybridized carbons (Fsp3) is 0.259. The predicted octanol–water partition coefficient (Wildman–Crippen LogP) is 5.57. The number of rotatable bonds is 9. The fourth-order valence-corrected chi connectivity index (χ4v) is 5.32. The average molecular weight is 578 g/mol. The van der Waals surface area contributed by atoms with Gasteiger partial charge in [0.15, 0.2) is 6.10 Å². The van der Waals surface area contributed by atoms with Gasteiger partial charge in [-0.2, -0.15) is 9.57 Å². The Labute approximate surface area is 228 Å². The van der Waals surface area contributed by atoms with Gasteiger partial charge in [0.2, 0.25) is 10.0 Å². The molecule has 0 aliphatic carbocycles. The van der Waals surface area contributed by atoms with Crippen LogP contribution in [0.15, 0.2) is 82.8 Å².